The predicted molar refractivity (Wildman–Crippen MR) is 108 cm³/mol. The third kappa shape index (κ3) is 4.90. The van der Waals surface area contributed by atoms with Crippen LogP contribution >= 0.6 is 0 Å². The topological polar surface area (TPSA) is 50.2 Å². The number of nitrogens with zero attached hydrogens (tertiary/aromatic N) is 3. The van der Waals surface area contributed by atoms with Gasteiger partial charge in [0.1, 0.15) is 0 Å². The molecule has 0 saturated heterocycles. The second-order valence-corrected chi connectivity index (χ2v) is 7.70. The zero-order valence-corrected chi connectivity index (χ0v) is 16.8. The van der Waals surface area contributed by atoms with Gasteiger partial charge in [0.2, 0.25) is 0 Å². The van der Waals surface area contributed by atoms with Crippen molar-refractivity contribution in [3.05, 3.63) is 53.3 Å². The molecule has 1 aliphatic carbocycles. The van der Waals surface area contributed by atoms with Gasteiger partial charge in [-0.2, -0.15) is 5.10 Å². The summed E-state index contributed by atoms with van der Waals surface area (Å²) in [5.74, 6) is 0. The van der Waals surface area contributed by atoms with Gasteiger partial charge in [-0.1, -0.05) is 50.5 Å². The lowest BCUT2D eigenvalue weighted by molar-refractivity contribution is 0.147. The Morgan fingerprint density at radius 2 is 2.04 bits per heavy atom. The first-order valence-corrected chi connectivity index (χ1v) is 10.2. The molecule has 0 aliphatic heterocycles. The van der Waals surface area contributed by atoms with Crippen LogP contribution in [-0.4, -0.2) is 26.8 Å². The second kappa shape index (κ2) is 9.07. The van der Waals surface area contributed by atoms with Crippen molar-refractivity contribution in [1.29, 1.82) is 0 Å². The fourth-order valence-corrected chi connectivity index (χ4v) is 4.00. The molecule has 1 heterocycles. The molecule has 3 rings (SSSR count). The van der Waals surface area contributed by atoms with E-state index >= 15 is 0 Å². The number of rotatable bonds is 6. The Bertz CT molecular complexity index is 748. The number of amides is 2. The summed E-state index contributed by atoms with van der Waals surface area (Å²) >= 11 is 0. The van der Waals surface area contributed by atoms with Gasteiger partial charge in [0.25, 0.3) is 0 Å². The van der Waals surface area contributed by atoms with Crippen LogP contribution in [0.1, 0.15) is 68.2 Å². The van der Waals surface area contributed by atoms with Crippen LogP contribution in [0.4, 0.5) is 4.79 Å². The summed E-state index contributed by atoms with van der Waals surface area (Å²) in [7, 11) is 1.91. The maximum absolute atomic E-state index is 13.3. The molecule has 2 amide bonds. The molecule has 27 heavy (non-hydrogen) atoms. The standard InChI is InChI=1S/C22H32N4O/c1-4-21(19-14-23-25(3)15-19)24-22(27)26(20-12-6-5-7-13-20)16-18-11-9-8-10-17(18)2/h8-11,14-15,20-21H,4-7,12-13,16H2,1-3H3,(H,24,27). The molecule has 1 aliphatic rings. The number of hydrogen-bond donors (Lipinski definition) is 1. The molecule has 1 atom stereocenters. The van der Waals surface area contributed by atoms with Crippen molar-refractivity contribution in [2.24, 2.45) is 7.05 Å². The van der Waals surface area contributed by atoms with Gasteiger partial charge in [-0.25, -0.2) is 4.79 Å². The second-order valence-electron chi connectivity index (χ2n) is 7.70. The van der Waals surface area contributed by atoms with Crippen molar-refractivity contribution in [2.75, 3.05) is 0 Å². The van der Waals surface area contributed by atoms with E-state index in [-0.39, 0.29) is 12.1 Å². The van der Waals surface area contributed by atoms with Gasteiger partial charge >= 0.3 is 6.03 Å². The maximum atomic E-state index is 13.3. The highest BCUT2D eigenvalue weighted by molar-refractivity contribution is 5.75. The van der Waals surface area contributed by atoms with Crippen LogP contribution in [0.15, 0.2) is 36.7 Å². The lowest BCUT2D eigenvalue weighted by Crippen LogP contribution is -2.47. The summed E-state index contributed by atoms with van der Waals surface area (Å²) in [4.78, 5) is 15.4. The molecule has 1 unspecified atom stereocenters. The van der Waals surface area contributed by atoms with Crippen molar-refractivity contribution in [2.45, 2.75) is 71.0 Å². The summed E-state index contributed by atoms with van der Waals surface area (Å²) < 4.78 is 1.79. The summed E-state index contributed by atoms with van der Waals surface area (Å²) in [6.45, 7) is 4.90. The van der Waals surface area contributed by atoms with E-state index in [2.05, 4.69) is 53.4 Å². The SMILES string of the molecule is CCC(NC(=O)N(Cc1ccccc1C)C1CCCCC1)c1cnn(C)c1. The van der Waals surface area contributed by atoms with E-state index in [4.69, 9.17) is 0 Å². The highest BCUT2D eigenvalue weighted by atomic mass is 16.2. The Morgan fingerprint density at radius 3 is 2.67 bits per heavy atom. The smallest absolute Gasteiger partial charge is 0.318 e. The molecule has 5 heteroatoms. The number of aromatic nitrogens is 2. The monoisotopic (exact) mass is 368 g/mol. The van der Waals surface area contributed by atoms with Crippen LogP contribution in [0, 0.1) is 6.92 Å². The lowest BCUT2D eigenvalue weighted by atomic mass is 9.93. The zero-order valence-electron chi connectivity index (χ0n) is 16.8. The Labute approximate surface area is 162 Å². The van der Waals surface area contributed by atoms with Crippen LogP contribution in [0.5, 0.6) is 0 Å². The van der Waals surface area contributed by atoms with E-state index < -0.39 is 0 Å². The van der Waals surface area contributed by atoms with Crippen LogP contribution in [0.3, 0.4) is 0 Å². The van der Waals surface area contributed by atoms with E-state index in [1.165, 1.54) is 30.4 Å². The molecule has 2 aromatic rings. The largest absolute Gasteiger partial charge is 0.331 e. The van der Waals surface area contributed by atoms with Crippen molar-refractivity contribution in [3.8, 4) is 0 Å². The van der Waals surface area contributed by atoms with E-state index in [9.17, 15) is 4.79 Å². The van der Waals surface area contributed by atoms with Crippen molar-refractivity contribution >= 4 is 6.03 Å². The number of carbonyl (C=O) groups is 1. The molecule has 0 spiro atoms. The first-order valence-electron chi connectivity index (χ1n) is 10.2. The summed E-state index contributed by atoms with van der Waals surface area (Å²) in [6.07, 6.45) is 10.6. The summed E-state index contributed by atoms with van der Waals surface area (Å²) in [5.41, 5.74) is 3.53. The van der Waals surface area contributed by atoms with Crippen LogP contribution in [0.2, 0.25) is 0 Å². The molecular formula is C22H32N4O. The fraction of sp³-hybridized carbons (Fsp3) is 0.545. The molecule has 0 radical (unpaired) electrons. The summed E-state index contributed by atoms with van der Waals surface area (Å²) in [5, 5.41) is 7.53. The lowest BCUT2D eigenvalue weighted by Gasteiger charge is -2.36. The van der Waals surface area contributed by atoms with Gasteiger partial charge in [-0.3, -0.25) is 4.68 Å². The number of hydrogen-bond acceptors (Lipinski definition) is 2. The van der Waals surface area contributed by atoms with E-state index in [1.54, 1.807) is 4.68 Å². The zero-order chi connectivity index (χ0) is 19.2. The number of nitrogens with one attached hydrogen (secondary N) is 1. The first-order chi connectivity index (χ1) is 13.1. The number of aryl methyl sites for hydroxylation is 2. The minimum absolute atomic E-state index is 0.00541. The van der Waals surface area contributed by atoms with Gasteiger partial charge in [-0.05, 0) is 37.3 Å². The molecule has 1 N–H and O–H groups in total. The highest BCUT2D eigenvalue weighted by Crippen LogP contribution is 2.26. The highest BCUT2D eigenvalue weighted by Gasteiger charge is 2.27. The number of benzene rings is 1. The molecule has 5 nitrogen and oxygen atoms in total. The number of urea groups is 1. The van der Waals surface area contributed by atoms with Gasteiger partial charge in [-0.15, -0.1) is 0 Å². The van der Waals surface area contributed by atoms with Gasteiger partial charge < -0.3 is 10.2 Å². The van der Waals surface area contributed by atoms with E-state index in [1.807, 2.05) is 19.4 Å². The first kappa shape index (κ1) is 19.5. The third-order valence-corrected chi connectivity index (χ3v) is 5.71. The van der Waals surface area contributed by atoms with Crippen LogP contribution in [0.25, 0.3) is 0 Å². The summed E-state index contributed by atoms with van der Waals surface area (Å²) in [6, 6.07) is 8.73. The van der Waals surface area contributed by atoms with E-state index in [0.717, 1.165) is 24.8 Å². The average molecular weight is 369 g/mol. The Balaban J connectivity index is 1.78. The van der Waals surface area contributed by atoms with Crippen molar-refractivity contribution < 1.29 is 4.79 Å². The van der Waals surface area contributed by atoms with Gasteiger partial charge in [0.05, 0.1) is 12.2 Å². The molecule has 1 saturated carbocycles. The normalized spacial score (nSPS) is 16.1. The fourth-order valence-electron chi connectivity index (χ4n) is 4.00. The molecule has 1 aromatic heterocycles. The third-order valence-electron chi connectivity index (χ3n) is 5.71. The minimum Gasteiger partial charge on any atom is -0.331 e. The Morgan fingerprint density at radius 1 is 1.30 bits per heavy atom. The van der Waals surface area contributed by atoms with Gasteiger partial charge in [0.15, 0.2) is 0 Å². The van der Waals surface area contributed by atoms with E-state index in [0.29, 0.717) is 12.6 Å². The average Bonchev–Trinajstić information content (AvgIpc) is 3.12. The Kier molecular flexibility index (Phi) is 6.54. The molecule has 146 valence electrons. The van der Waals surface area contributed by atoms with Crippen LogP contribution in [-0.2, 0) is 13.6 Å². The number of carbonyl (C=O) groups excluding carboxylic acids is 1. The predicted octanol–water partition coefficient (Wildman–Crippen LogP) is 4.72. The van der Waals surface area contributed by atoms with Crippen LogP contribution < -0.4 is 5.32 Å². The molecule has 0 bridgehead atoms. The van der Waals surface area contributed by atoms with Crippen molar-refractivity contribution in [3.63, 3.8) is 0 Å². The van der Waals surface area contributed by atoms with Gasteiger partial charge in [0, 0.05) is 31.4 Å². The molecule has 1 aromatic carbocycles. The molecule has 1 fully saturated rings. The quantitative estimate of drug-likeness (QED) is 0.802. The van der Waals surface area contributed by atoms with Crippen molar-refractivity contribution in [1.82, 2.24) is 20.0 Å². The molecular weight excluding hydrogens is 336 g/mol. The Hall–Kier alpha value is -2.30. The minimum atomic E-state index is -0.00541. The maximum Gasteiger partial charge on any atom is 0.318 e.